The molecule has 1 amide bonds. The van der Waals surface area contributed by atoms with Crippen LogP contribution in [0.2, 0.25) is 0 Å². The Morgan fingerprint density at radius 1 is 0.597 bits per heavy atom. The number of aliphatic hydroxyl groups is 2. The van der Waals surface area contributed by atoms with Gasteiger partial charge in [-0.1, -0.05) is 235 Å². The second kappa shape index (κ2) is 40.0. The average Bonchev–Trinajstić information content (AvgIpc) is 3.40. The molecule has 0 saturated carbocycles. The Balaban J connectivity index is 1.25. The standard InChI is InChI=1S/C62H99NO9/c1-3-5-7-9-11-13-15-17-18-19-20-21-22-23-24-26-28-30-32-34-42-48-56(64)63-53(49-68-62-58(66)57(65)59-55(71-62)50-69-61(72-59)52-45-39-36-40-46-52)54(70-60(67)51-43-37-35-38-44-51)47-41-33-31-29-27-25-16-14-12-10-8-6-4-2/h17-18,35-41,43-47,53-55,57-59,61-62,65-66H,3-16,19-34,42,48-50H2,1-2H3,(H,63,64)/b18-17-,47-41+/t53-,54+,55+,57+,58+,59-,61?,62-/m0/s1. The average molecular weight is 1000 g/mol. The molecule has 0 radical (unpaired) electrons. The first kappa shape index (κ1) is 61.2. The van der Waals surface area contributed by atoms with Gasteiger partial charge in [0.15, 0.2) is 12.6 Å². The molecule has 2 saturated heterocycles. The van der Waals surface area contributed by atoms with Crippen LogP contribution in [0.4, 0.5) is 0 Å². The van der Waals surface area contributed by atoms with E-state index in [1.165, 1.54) is 161 Å². The number of aliphatic hydroxyl groups excluding tert-OH is 2. The molecule has 0 spiro atoms. The van der Waals surface area contributed by atoms with Crippen LogP contribution in [-0.2, 0) is 28.5 Å². The lowest BCUT2D eigenvalue weighted by atomic mass is 9.98. The molecule has 1 unspecified atom stereocenters. The number of carbonyl (C=O) groups is 2. The fourth-order valence-electron chi connectivity index (χ4n) is 9.79. The van der Waals surface area contributed by atoms with Crippen molar-refractivity contribution >= 4 is 11.9 Å². The van der Waals surface area contributed by atoms with Crippen molar-refractivity contribution in [2.45, 2.75) is 268 Å². The summed E-state index contributed by atoms with van der Waals surface area (Å²) in [5, 5.41) is 25.8. The maximum absolute atomic E-state index is 13.7. The number of rotatable bonds is 42. The smallest absolute Gasteiger partial charge is 0.338 e. The summed E-state index contributed by atoms with van der Waals surface area (Å²) in [6, 6.07) is 17.5. The van der Waals surface area contributed by atoms with Gasteiger partial charge in [0, 0.05) is 12.0 Å². The van der Waals surface area contributed by atoms with E-state index in [0.29, 0.717) is 12.0 Å². The largest absolute Gasteiger partial charge is 0.452 e. The van der Waals surface area contributed by atoms with E-state index in [1.807, 2.05) is 48.6 Å². The molecule has 2 aromatic rings. The molecular weight excluding hydrogens is 903 g/mol. The molecule has 2 aliphatic rings. The van der Waals surface area contributed by atoms with E-state index in [2.05, 4.69) is 31.3 Å². The predicted octanol–water partition coefficient (Wildman–Crippen LogP) is 14.9. The SMILES string of the molecule is CCCCCCCC/C=C\CCCCCCCCCCCCCC(=O)N[C@@H](CO[C@H]1O[C@@H]2COC(c3ccccc3)O[C@@H]2[C@H](O)[C@H]1O)[C@@H](/C=C/CCCCCCCCCCCCC)OC(=O)c1ccccc1. The molecule has 406 valence electrons. The third kappa shape index (κ3) is 26.2. The number of fused-ring (bicyclic) bond motifs is 1. The van der Waals surface area contributed by atoms with Crippen LogP contribution in [0.5, 0.6) is 0 Å². The highest BCUT2D eigenvalue weighted by Crippen LogP contribution is 2.34. The highest BCUT2D eigenvalue weighted by molar-refractivity contribution is 5.89. The Labute approximate surface area is 436 Å². The summed E-state index contributed by atoms with van der Waals surface area (Å²) in [5.74, 6) is -0.680. The predicted molar refractivity (Wildman–Crippen MR) is 292 cm³/mol. The maximum atomic E-state index is 13.7. The Hall–Kier alpha value is -3.38. The van der Waals surface area contributed by atoms with Gasteiger partial charge in [0.2, 0.25) is 5.91 Å². The van der Waals surface area contributed by atoms with Crippen LogP contribution in [0, 0.1) is 0 Å². The molecule has 3 N–H and O–H groups in total. The topological polar surface area (TPSA) is 133 Å². The highest BCUT2D eigenvalue weighted by Gasteiger charge is 2.49. The van der Waals surface area contributed by atoms with Crippen LogP contribution in [0.1, 0.15) is 242 Å². The van der Waals surface area contributed by atoms with Crippen LogP contribution < -0.4 is 5.32 Å². The van der Waals surface area contributed by atoms with Crippen molar-refractivity contribution in [3.05, 3.63) is 96.1 Å². The molecule has 0 aliphatic carbocycles. The zero-order valence-electron chi connectivity index (χ0n) is 45.0. The molecule has 8 atom stereocenters. The monoisotopic (exact) mass is 1000 g/mol. The van der Waals surface area contributed by atoms with Gasteiger partial charge in [-0.25, -0.2) is 4.79 Å². The fraction of sp³-hybridized carbons (Fsp3) is 0.710. The first-order chi connectivity index (χ1) is 35.4. The second-order valence-corrected chi connectivity index (χ2v) is 20.7. The highest BCUT2D eigenvalue weighted by atomic mass is 16.8. The Kier molecular flexibility index (Phi) is 34.0. The van der Waals surface area contributed by atoms with Gasteiger partial charge in [-0.15, -0.1) is 0 Å². The van der Waals surface area contributed by atoms with E-state index in [4.69, 9.17) is 23.7 Å². The summed E-state index contributed by atoms with van der Waals surface area (Å²) < 4.78 is 30.7. The van der Waals surface area contributed by atoms with Gasteiger partial charge in [0.25, 0.3) is 0 Å². The van der Waals surface area contributed by atoms with Gasteiger partial charge < -0.3 is 39.2 Å². The molecule has 2 fully saturated rings. The van der Waals surface area contributed by atoms with Crippen molar-refractivity contribution in [1.29, 1.82) is 0 Å². The molecule has 4 rings (SSSR count). The minimum Gasteiger partial charge on any atom is -0.452 e. The zero-order valence-corrected chi connectivity index (χ0v) is 45.0. The summed E-state index contributed by atoms with van der Waals surface area (Å²) in [6.07, 6.45) is 40.1. The zero-order chi connectivity index (χ0) is 51.1. The van der Waals surface area contributed by atoms with Crippen LogP contribution in [-0.4, -0.2) is 78.2 Å². The van der Waals surface area contributed by atoms with Crippen LogP contribution in [0.3, 0.4) is 0 Å². The number of ether oxygens (including phenoxy) is 5. The van der Waals surface area contributed by atoms with E-state index < -0.39 is 55.1 Å². The number of hydrogen-bond donors (Lipinski definition) is 3. The third-order valence-corrected chi connectivity index (χ3v) is 14.3. The van der Waals surface area contributed by atoms with Crippen LogP contribution in [0.15, 0.2) is 85.0 Å². The molecule has 2 heterocycles. The lowest BCUT2D eigenvalue weighted by Gasteiger charge is -2.46. The van der Waals surface area contributed by atoms with E-state index >= 15 is 0 Å². The molecule has 2 aliphatic heterocycles. The number of nitrogens with one attached hydrogen (secondary N) is 1. The number of carbonyl (C=O) groups excluding carboxylic acids is 2. The van der Waals surface area contributed by atoms with Crippen molar-refractivity contribution in [2.24, 2.45) is 0 Å². The van der Waals surface area contributed by atoms with E-state index in [9.17, 15) is 19.8 Å². The van der Waals surface area contributed by atoms with E-state index in [0.717, 1.165) is 44.1 Å². The first-order valence-corrected chi connectivity index (χ1v) is 29.2. The van der Waals surface area contributed by atoms with Crippen molar-refractivity contribution < 1.29 is 43.5 Å². The summed E-state index contributed by atoms with van der Waals surface area (Å²) >= 11 is 0. The van der Waals surface area contributed by atoms with Gasteiger partial charge in [0.05, 0.1) is 24.8 Å². The minimum atomic E-state index is -1.45. The Bertz CT molecular complexity index is 1690. The first-order valence-electron chi connectivity index (χ1n) is 29.2. The van der Waals surface area contributed by atoms with Gasteiger partial charge >= 0.3 is 5.97 Å². The van der Waals surface area contributed by atoms with E-state index in [1.54, 1.807) is 24.3 Å². The van der Waals surface area contributed by atoms with Gasteiger partial charge in [0.1, 0.15) is 30.5 Å². The lowest BCUT2D eigenvalue weighted by Crippen LogP contribution is -2.62. The fourth-order valence-corrected chi connectivity index (χ4v) is 9.79. The summed E-state index contributed by atoms with van der Waals surface area (Å²) in [4.78, 5) is 27.3. The number of amides is 1. The molecule has 2 aromatic carbocycles. The number of unbranched alkanes of at least 4 members (excludes halogenated alkanes) is 28. The molecule has 0 bridgehead atoms. The van der Waals surface area contributed by atoms with Crippen molar-refractivity contribution in [2.75, 3.05) is 13.2 Å². The molecule has 10 nitrogen and oxygen atoms in total. The van der Waals surface area contributed by atoms with Crippen LogP contribution >= 0.6 is 0 Å². The van der Waals surface area contributed by atoms with Gasteiger partial charge in [-0.05, 0) is 63.2 Å². The molecular formula is C62H99NO9. The number of esters is 1. The number of allylic oxidation sites excluding steroid dienone is 3. The van der Waals surface area contributed by atoms with Crippen molar-refractivity contribution in [3.8, 4) is 0 Å². The van der Waals surface area contributed by atoms with Crippen molar-refractivity contribution in [3.63, 3.8) is 0 Å². The summed E-state index contributed by atoms with van der Waals surface area (Å²) in [7, 11) is 0. The Morgan fingerprint density at radius 3 is 1.60 bits per heavy atom. The van der Waals surface area contributed by atoms with E-state index in [-0.39, 0.29) is 19.1 Å². The summed E-state index contributed by atoms with van der Waals surface area (Å²) in [6.45, 7) is 4.49. The second-order valence-electron chi connectivity index (χ2n) is 20.7. The number of benzene rings is 2. The Morgan fingerprint density at radius 2 is 1.07 bits per heavy atom. The van der Waals surface area contributed by atoms with Gasteiger partial charge in [-0.2, -0.15) is 0 Å². The number of hydrogen-bond acceptors (Lipinski definition) is 9. The van der Waals surface area contributed by atoms with Gasteiger partial charge in [-0.3, -0.25) is 4.79 Å². The quantitative estimate of drug-likeness (QED) is 0.0338. The van der Waals surface area contributed by atoms with Crippen molar-refractivity contribution in [1.82, 2.24) is 5.32 Å². The third-order valence-electron chi connectivity index (χ3n) is 14.3. The molecule has 0 aromatic heterocycles. The normalized spacial score (nSPS) is 20.9. The maximum Gasteiger partial charge on any atom is 0.338 e. The minimum absolute atomic E-state index is 0.116. The molecule has 72 heavy (non-hydrogen) atoms. The molecule has 10 heteroatoms. The lowest BCUT2D eigenvalue weighted by molar-refractivity contribution is -0.362. The summed E-state index contributed by atoms with van der Waals surface area (Å²) in [5.41, 5.74) is 1.20. The van der Waals surface area contributed by atoms with Crippen LogP contribution in [0.25, 0.3) is 0 Å².